The van der Waals surface area contributed by atoms with Gasteiger partial charge >= 0.3 is 0 Å². The smallest absolute Gasteiger partial charge is 0.293 e. The second-order valence-corrected chi connectivity index (χ2v) is 7.02. The molecule has 1 N–H and O–H groups in total. The number of methoxy groups -OCH3 is 1. The third-order valence-electron chi connectivity index (χ3n) is 3.93. The highest BCUT2D eigenvalue weighted by Crippen LogP contribution is 2.37. The van der Waals surface area contributed by atoms with Crippen LogP contribution in [0, 0.1) is 0 Å². The zero-order valence-corrected chi connectivity index (χ0v) is 16.1. The molecule has 4 aromatic rings. The molecule has 0 aliphatic rings. The van der Waals surface area contributed by atoms with Crippen LogP contribution in [0.1, 0.15) is 17.5 Å². The van der Waals surface area contributed by atoms with Gasteiger partial charge in [-0.05, 0) is 31.2 Å². The summed E-state index contributed by atoms with van der Waals surface area (Å²) in [5.41, 5.74) is 1.15. The average Bonchev–Trinajstić information content (AvgIpc) is 3.28. The van der Waals surface area contributed by atoms with Crippen molar-refractivity contribution in [3.63, 3.8) is 0 Å². The number of rotatable bonds is 5. The molecule has 8 heteroatoms. The van der Waals surface area contributed by atoms with E-state index in [4.69, 9.17) is 25.5 Å². The molecule has 0 atom stereocenters. The first-order valence-electron chi connectivity index (χ1n) is 8.20. The highest BCUT2D eigenvalue weighted by atomic mass is 35.5. The molecule has 0 aliphatic carbocycles. The Bertz CT molecular complexity index is 1150. The van der Waals surface area contributed by atoms with E-state index in [9.17, 15) is 4.79 Å². The highest BCUT2D eigenvalue weighted by molar-refractivity contribution is 7.23. The first-order chi connectivity index (χ1) is 13.1. The van der Waals surface area contributed by atoms with Gasteiger partial charge in [0, 0.05) is 5.39 Å². The van der Waals surface area contributed by atoms with Crippen molar-refractivity contribution >= 4 is 55.2 Å². The fourth-order valence-electron chi connectivity index (χ4n) is 2.75. The molecule has 138 valence electrons. The molecule has 2 heterocycles. The first kappa shape index (κ1) is 17.6. The van der Waals surface area contributed by atoms with Crippen LogP contribution in [0.5, 0.6) is 11.5 Å². The van der Waals surface area contributed by atoms with E-state index in [1.54, 1.807) is 31.4 Å². The fraction of sp³-hybridized carbons (Fsp3) is 0.158. The third-order valence-corrected chi connectivity index (χ3v) is 5.36. The summed E-state index contributed by atoms with van der Waals surface area (Å²) in [6.45, 7) is 2.40. The zero-order chi connectivity index (χ0) is 19.0. The molecule has 0 saturated carbocycles. The molecule has 1 amide bonds. The number of amides is 1. The predicted molar refractivity (Wildman–Crippen MR) is 107 cm³/mol. The van der Waals surface area contributed by atoms with Crippen LogP contribution >= 0.6 is 22.9 Å². The van der Waals surface area contributed by atoms with Crippen molar-refractivity contribution < 1.29 is 18.7 Å². The van der Waals surface area contributed by atoms with Crippen LogP contribution in [-0.4, -0.2) is 24.6 Å². The van der Waals surface area contributed by atoms with E-state index in [0.717, 1.165) is 10.1 Å². The predicted octanol–water partition coefficient (Wildman–Crippen LogP) is 5.36. The second kappa shape index (κ2) is 7.09. The summed E-state index contributed by atoms with van der Waals surface area (Å²) in [5, 5.41) is 4.51. The second-order valence-electron chi connectivity index (χ2n) is 5.62. The van der Waals surface area contributed by atoms with E-state index in [1.165, 1.54) is 11.3 Å². The Morgan fingerprint density at radius 1 is 1.30 bits per heavy atom. The number of nitrogens with zero attached hydrogens (tertiary/aromatic N) is 1. The van der Waals surface area contributed by atoms with Gasteiger partial charge < -0.3 is 13.9 Å². The number of para-hydroxylation sites is 1. The van der Waals surface area contributed by atoms with Gasteiger partial charge in [-0.2, -0.15) is 0 Å². The zero-order valence-electron chi connectivity index (χ0n) is 14.5. The number of thiazole rings is 1. The number of nitrogens with one attached hydrogen (secondary N) is 1. The van der Waals surface area contributed by atoms with Crippen LogP contribution in [0.2, 0.25) is 5.02 Å². The number of aromatic nitrogens is 1. The molecule has 27 heavy (non-hydrogen) atoms. The minimum absolute atomic E-state index is 0.175. The van der Waals surface area contributed by atoms with Crippen molar-refractivity contribution in [3.8, 4) is 11.5 Å². The van der Waals surface area contributed by atoms with Crippen LogP contribution in [0.3, 0.4) is 0 Å². The van der Waals surface area contributed by atoms with Crippen molar-refractivity contribution in [2.24, 2.45) is 0 Å². The maximum absolute atomic E-state index is 12.6. The molecule has 0 saturated heterocycles. The molecule has 0 radical (unpaired) electrons. The number of carbonyl (C=O) groups excluding carboxylic acids is 1. The van der Waals surface area contributed by atoms with Crippen molar-refractivity contribution in [2.45, 2.75) is 6.92 Å². The summed E-state index contributed by atoms with van der Waals surface area (Å²) in [6.07, 6.45) is 0. The maximum Gasteiger partial charge on any atom is 0.293 e. The number of halogens is 1. The number of anilines is 1. The van der Waals surface area contributed by atoms with E-state index in [0.29, 0.717) is 39.4 Å². The van der Waals surface area contributed by atoms with E-state index in [-0.39, 0.29) is 5.76 Å². The summed E-state index contributed by atoms with van der Waals surface area (Å²) >= 11 is 7.50. The topological polar surface area (TPSA) is 73.6 Å². The molecule has 6 nitrogen and oxygen atoms in total. The van der Waals surface area contributed by atoms with E-state index in [2.05, 4.69) is 10.3 Å². The monoisotopic (exact) mass is 402 g/mol. The lowest BCUT2D eigenvalue weighted by Gasteiger charge is -2.02. The minimum atomic E-state index is -0.400. The average molecular weight is 403 g/mol. The summed E-state index contributed by atoms with van der Waals surface area (Å²) < 4.78 is 17.3. The van der Waals surface area contributed by atoms with Gasteiger partial charge in [0.05, 0.1) is 23.4 Å². The van der Waals surface area contributed by atoms with Crippen LogP contribution in [-0.2, 0) is 0 Å². The van der Waals surface area contributed by atoms with E-state index >= 15 is 0 Å². The Kier molecular flexibility index (Phi) is 4.63. The van der Waals surface area contributed by atoms with Crippen LogP contribution in [0.25, 0.3) is 21.2 Å². The third kappa shape index (κ3) is 3.20. The van der Waals surface area contributed by atoms with Crippen LogP contribution in [0.4, 0.5) is 5.13 Å². The van der Waals surface area contributed by atoms with Crippen molar-refractivity contribution in [1.82, 2.24) is 4.98 Å². The van der Waals surface area contributed by atoms with Gasteiger partial charge in [0.1, 0.15) is 11.3 Å². The first-order valence-corrected chi connectivity index (χ1v) is 9.40. The lowest BCUT2D eigenvalue weighted by Crippen LogP contribution is -2.10. The van der Waals surface area contributed by atoms with Gasteiger partial charge in [-0.1, -0.05) is 35.1 Å². The van der Waals surface area contributed by atoms with Crippen molar-refractivity contribution in [1.29, 1.82) is 0 Å². The van der Waals surface area contributed by atoms with Gasteiger partial charge in [0.25, 0.3) is 5.91 Å². The Labute approximate surface area is 163 Å². The Morgan fingerprint density at radius 2 is 2.15 bits per heavy atom. The Balaban J connectivity index is 1.66. The normalized spacial score (nSPS) is 11.1. The number of benzene rings is 2. The van der Waals surface area contributed by atoms with Crippen LogP contribution < -0.4 is 14.8 Å². The lowest BCUT2D eigenvalue weighted by molar-refractivity contribution is 0.0998. The molecule has 4 rings (SSSR count). The van der Waals surface area contributed by atoms with Gasteiger partial charge in [-0.15, -0.1) is 0 Å². The van der Waals surface area contributed by atoms with Crippen LogP contribution in [0.15, 0.2) is 40.8 Å². The molecule has 0 unspecified atom stereocenters. The largest absolute Gasteiger partial charge is 0.494 e. The molecule has 0 bridgehead atoms. The molecular weight excluding hydrogens is 388 g/mol. The number of furan rings is 1. The molecular formula is C19H15ClN2O4S. The van der Waals surface area contributed by atoms with E-state index < -0.39 is 5.91 Å². The van der Waals surface area contributed by atoms with Gasteiger partial charge in [0.2, 0.25) is 0 Å². The van der Waals surface area contributed by atoms with E-state index in [1.807, 2.05) is 19.1 Å². The maximum atomic E-state index is 12.6. The Morgan fingerprint density at radius 3 is 2.93 bits per heavy atom. The van der Waals surface area contributed by atoms with Gasteiger partial charge in [-0.25, -0.2) is 4.98 Å². The number of hydrogen-bond acceptors (Lipinski definition) is 6. The summed E-state index contributed by atoms with van der Waals surface area (Å²) in [4.78, 5) is 17.0. The summed E-state index contributed by atoms with van der Waals surface area (Å²) in [6, 6.07) is 10.7. The lowest BCUT2D eigenvalue weighted by atomic mass is 10.2. The standard InChI is InChI=1S/C19H15ClN2O4S/c1-3-25-13-6-4-5-10-9-14(26-16(10)13)18(23)22-19-21-15-12(24-2)8-7-11(20)17(15)27-19/h4-9H,3H2,1-2H3,(H,21,22,23). The Hall–Kier alpha value is -2.77. The SMILES string of the molecule is CCOc1cccc2cc(C(=O)Nc3nc4c(OC)ccc(Cl)c4s3)oc12. The number of fused-ring (bicyclic) bond motifs is 2. The number of carbonyl (C=O) groups is 1. The molecule has 2 aromatic carbocycles. The van der Waals surface area contributed by atoms with Gasteiger partial charge in [0.15, 0.2) is 22.2 Å². The highest BCUT2D eigenvalue weighted by Gasteiger charge is 2.18. The summed E-state index contributed by atoms with van der Waals surface area (Å²) in [5.74, 6) is 0.971. The molecule has 0 fully saturated rings. The fourth-order valence-corrected chi connectivity index (χ4v) is 3.90. The molecule has 0 spiro atoms. The quantitative estimate of drug-likeness (QED) is 0.486. The minimum Gasteiger partial charge on any atom is -0.494 e. The molecule has 2 aromatic heterocycles. The number of ether oxygens (including phenoxy) is 2. The number of hydrogen-bond donors (Lipinski definition) is 1. The molecule has 0 aliphatic heterocycles. The van der Waals surface area contributed by atoms with Crippen molar-refractivity contribution in [3.05, 3.63) is 47.2 Å². The van der Waals surface area contributed by atoms with Gasteiger partial charge in [-0.3, -0.25) is 10.1 Å². The van der Waals surface area contributed by atoms with Crippen molar-refractivity contribution in [2.75, 3.05) is 19.0 Å². The summed E-state index contributed by atoms with van der Waals surface area (Å²) in [7, 11) is 1.56.